The van der Waals surface area contributed by atoms with Crippen LogP contribution in [0, 0.1) is 18.8 Å². The highest BCUT2D eigenvalue weighted by Gasteiger charge is 2.35. The van der Waals surface area contributed by atoms with Crippen molar-refractivity contribution in [2.24, 2.45) is 11.8 Å². The monoisotopic (exact) mass is 507 g/mol. The molecular formula is C25H38ClN5O4. The van der Waals surface area contributed by atoms with Crippen molar-refractivity contribution < 1.29 is 19.4 Å². The Hall–Kier alpha value is -2.49. The highest BCUT2D eigenvalue weighted by molar-refractivity contribution is 5.93. The van der Waals surface area contributed by atoms with Crippen LogP contribution in [0.3, 0.4) is 0 Å². The number of aryl methyl sites for hydroxylation is 1. The summed E-state index contributed by atoms with van der Waals surface area (Å²) >= 11 is 0. The summed E-state index contributed by atoms with van der Waals surface area (Å²) in [4.78, 5) is 27.3. The molecule has 10 heteroatoms. The van der Waals surface area contributed by atoms with Crippen LogP contribution in [0.5, 0.6) is 0 Å². The third-order valence-corrected chi connectivity index (χ3v) is 6.26. The van der Waals surface area contributed by atoms with Gasteiger partial charge in [-0.05, 0) is 50.2 Å². The number of nitrogens with zero attached hydrogens (tertiary/aromatic N) is 4. The minimum absolute atomic E-state index is 0. The Morgan fingerprint density at radius 2 is 2.00 bits per heavy atom. The van der Waals surface area contributed by atoms with Crippen LogP contribution in [-0.2, 0) is 16.0 Å². The van der Waals surface area contributed by atoms with Gasteiger partial charge in [0, 0.05) is 39.4 Å². The molecule has 1 amide bonds. The van der Waals surface area contributed by atoms with Crippen LogP contribution >= 0.6 is 12.4 Å². The van der Waals surface area contributed by atoms with E-state index in [1.807, 2.05) is 31.2 Å². The van der Waals surface area contributed by atoms with Crippen molar-refractivity contribution in [3.8, 4) is 5.69 Å². The van der Waals surface area contributed by atoms with Crippen LogP contribution in [0.4, 0.5) is 0 Å². The van der Waals surface area contributed by atoms with Gasteiger partial charge in [0.2, 0.25) is 0 Å². The smallest absolute Gasteiger partial charge is 0.307 e. The molecule has 0 radical (unpaired) electrons. The molecule has 1 saturated heterocycles. The summed E-state index contributed by atoms with van der Waals surface area (Å²) in [6.45, 7) is 8.29. The molecule has 1 aliphatic heterocycles. The summed E-state index contributed by atoms with van der Waals surface area (Å²) in [5.74, 6) is -1.31. The van der Waals surface area contributed by atoms with Crippen molar-refractivity contribution in [1.82, 2.24) is 25.2 Å². The first kappa shape index (κ1) is 28.7. The Bertz CT molecular complexity index is 981. The van der Waals surface area contributed by atoms with Crippen LogP contribution in [0.15, 0.2) is 24.3 Å². The maximum atomic E-state index is 13.9. The van der Waals surface area contributed by atoms with E-state index in [9.17, 15) is 14.7 Å². The van der Waals surface area contributed by atoms with Crippen molar-refractivity contribution in [2.75, 3.05) is 33.4 Å². The van der Waals surface area contributed by atoms with Gasteiger partial charge in [-0.3, -0.25) is 9.59 Å². The molecule has 1 aliphatic rings. The van der Waals surface area contributed by atoms with Gasteiger partial charge in [0.1, 0.15) is 0 Å². The Morgan fingerprint density at radius 1 is 1.26 bits per heavy atom. The molecule has 1 fully saturated rings. The SMILES string of the molecule is COCCCCc1c(C(=O)N(CC(C)C)[C@@H]2CNC[C@H](C(=O)O)C2)nnn1-c1ccccc1C.Cl. The molecule has 1 aromatic heterocycles. The molecular weight excluding hydrogens is 470 g/mol. The van der Waals surface area contributed by atoms with Crippen LogP contribution in [0.2, 0.25) is 0 Å². The van der Waals surface area contributed by atoms with Gasteiger partial charge >= 0.3 is 5.97 Å². The quantitative estimate of drug-likeness (QED) is 0.449. The number of nitrogens with one attached hydrogen (secondary N) is 1. The molecule has 3 rings (SSSR count). The lowest BCUT2D eigenvalue weighted by Crippen LogP contribution is -2.53. The molecule has 35 heavy (non-hydrogen) atoms. The number of halogens is 1. The van der Waals surface area contributed by atoms with Crippen LogP contribution in [-0.4, -0.2) is 76.3 Å². The van der Waals surface area contributed by atoms with Crippen molar-refractivity contribution in [3.05, 3.63) is 41.2 Å². The molecule has 0 unspecified atom stereocenters. The van der Waals surface area contributed by atoms with E-state index in [1.165, 1.54) is 0 Å². The number of unbranched alkanes of at least 4 members (excludes halogenated alkanes) is 1. The van der Waals surface area contributed by atoms with Gasteiger partial charge in [0.15, 0.2) is 5.69 Å². The highest BCUT2D eigenvalue weighted by Crippen LogP contribution is 2.24. The zero-order valence-electron chi connectivity index (χ0n) is 21.1. The number of ether oxygens (including phenoxy) is 1. The predicted octanol–water partition coefficient (Wildman–Crippen LogP) is 3.13. The normalized spacial score (nSPS) is 17.7. The molecule has 2 atom stereocenters. The number of carbonyl (C=O) groups is 2. The third-order valence-electron chi connectivity index (χ3n) is 6.26. The number of methoxy groups -OCH3 is 1. The molecule has 0 aliphatic carbocycles. The number of para-hydroxylation sites is 1. The molecule has 2 heterocycles. The maximum absolute atomic E-state index is 13.9. The van der Waals surface area contributed by atoms with Crippen molar-refractivity contribution in [2.45, 2.75) is 52.5 Å². The summed E-state index contributed by atoms with van der Waals surface area (Å²) in [6, 6.07) is 7.70. The second-order valence-corrected chi connectivity index (χ2v) is 9.47. The Balaban J connectivity index is 0.00000432. The van der Waals surface area contributed by atoms with Gasteiger partial charge in [-0.15, -0.1) is 17.5 Å². The van der Waals surface area contributed by atoms with E-state index in [1.54, 1.807) is 16.7 Å². The molecule has 2 aromatic rings. The number of benzene rings is 1. The molecule has 0 spiro atoms. The molecule has 0 saturated carbocycles. The Morgan fingerprint density at radius 3 is 2.66 bits per heavy atom. The van der Waals surface area contributed by atoms with Crippen molar-refractivity contribution >= 4 is 24.3 Å². The topological polar surface area (TPSA) is 110 Å². The summed E-state index contributed by atoms with van der Waals surface area (Å²) in [7, 11) is 1.68. The summed E-state index contributed by atoms with van der Waals surface area (Å²) in [5.41, 5.74) is 3.07. The minimum atomic E-state index is -0.835. The van der Waals surface area contributed by atoms with E-state index < -0.39 is 11.9 Å². The summed E-state index contributed by atoms with van der Waals surface area (Å²) in [6.07, 6.45) is 2.77. The predicted molar refractivity (Wildman–Crippen MR) is 136 cm³/mol. The summed E-state index contributed by atoms with van der Waals surface area (Å²) < 4.78 is 6.98. The van der Waals surface area contributed by atoms with Gasteiger partial charge in [0.05, 0.1) is 17.3 Å². The zero-order valence-corrected chi connectivity index (χ0v) is 21.9. The molecule has 1 aromatic carbocycles. The first-order chi connectivity index (χ1) is 16.3. The second-order valence-electron chi connectivity index (χ2n) is 9.47. The molecule has 2 N–H and O–H groups in total. The third kappa shape index (κ3) is 7.25. The number of rotatable bonds is 11. The number of carbonyl (C=O) groups excluding carboxylic acids is 1. The van der Waals surface area contributed by atoms with Crippen molar-refractivity contribution in [1.29, 1.82) is 0 Å². The lowest BCUT2D eigenvalue weighted by molar-refractivity contribution is -0.142. The summed E-state index contributed by atoms with van der Waals surface area (Å²) in [5, 5.41) is 21.5. The maximum Gasteiger partial charge on any atom is 0.307 e. The van der Waals surface area contributed by atoms with Crippen LogP contribution in [0.1, 0.15) is 54.9 Å². The number of carboxylic acid groups (broad SMARTS) is 1. The van der Waals surface area contributed by atoms with E-state index in [-0.39, 0.29) is 30.3 Å². The fraction of sp³-hybridized carbons (Fsp3) is 0.600. The first-order valence-corrected chi connectivity index (χ1v) is 12.1. The van der Waals surface area contributed by atoms with E-state index in [2.05, 4.69) is 29.5 Å². The van der Waals surface area contributed by atoms with Gasteiger partial charge in [0.25, 0.3) is 5.91 Å². The fourth-order valence-corrected chi connectivity index (χ4v) is 4.50. The number of amides is 1. The van der Waals surface area contributed by atoms with Crippen LogP contribution < -0.4 is 5.32 Å². The number of hydrogen-bond donors (Lipinski definition) is 2. The van der Waals surface area contributed by atoms with E-state index in [0.717, 1.165) is 29.8 Å². The standard InChI is InChI=1S/C25H37N5O4.ClH/c1-17(2)16-29(20-13-19(25(32)33)14-26-15-20)24(31)23-22(11-7-8-12-34-4)30(28-27-23)21-10-6-5-9-18(21)3;/h5-6,9-10,17,19-20,26H,7-8,11-16H2,1-4H3,(H,32,33);1H/t19-,20+;/m1./s1. The fourth-order valence-electron chi connectivity index (χ4n) is 4.50. The zero-order chi connectivity index (χ0) is 24.7. The largest absolute Gasteiger partial charge is 0.481 e. The number of aromatic nitrogens is 3. The average Bonchev–Trinajstić information content (AvgIpc) is 3.23. The Kier molecular flexibility index (Phi) is 11.1. The van der Waals surface area contributed by atoms with Gasteiger partial charge in [-0.25, -0.2) is 4.68 Å². The van der Waals surface area contributed by atoms with Gasteiger partial charge in [-0.2, -0.15) is 0 Å². The van der Waals surface area contributed by atoms with E-state index >= 15 is 0 Å². The van der Waals surface area contributed by atoms with Crippen LogP contribution in [0.25, 0.3) is 5.69 Å². The van der Waals surface area contributed by atoms with E-state index in [4.69, 9.17) is 4.74 Å². The minimum Gasteiger partial charge on any atom is -0.481 e. The first-order valence-electron chi connectivity index (χ1n) is 12.1. The van der Waals surface area contributed by atoms with Gasteiger partial charge in [-0.1, -0.05) is 37.3 Å². The number of piperidine rings is 1. The second kappa shape index (κ2) is 13.6. The Labute approximate surface area is 213 Å². The molecule has 9 nitrogen and oxygen atoms in total. The van der Waals surface area contributed by atoms with Crippen molar-refractivity contribution in [3.63, 3.8) is 0 Å². The number of hydrogen-bond acceptors (Lipinski definition) is 6. The van der Waals surface area contributed by atoms with Gasteiger partial charge < -0.3 is 20.1 Å². The molecule has 0 bridgehead atoms. The average molecular weight is 508 g/mol. The lowest BCUT2D eigenvalue weighted by Gasteiger charge is -2.37. The number of carboxylic acids is 1. The van der Waals surface area contributed by atoms with E-state index in [0.29, 0.717) is 44.8 Å². The lowest BCUT2D eigenvalue weighted by atomic mass is 9.94. The highest BCUT2D eigenvalue weighted by atomic mass is 35.5. The number of aliphatic carboxylic acids is 1. The molecule has 194 valence electrons.